The molecule has 3 rings (SSSR count). The molecule has 1 fully saturated rings. The standard InChI is InChI=1S/C14H15NO4/c1-8(2)7-10-13(16)19-12-9-5-3-4-6-11(9)18-14(17)15(10)12/h3-6,8,10,12H,7H2,1-2H3/t10-,12?/m0/s1. The topological polar surface area (TPSA) is 55.8 Å². The van der Waals surface area contributed by atoms with Crippen molar-refractivity contribution >= 4 is 12.1 Å². The summed E-state index contributed by atoms with van der Waals surface area (Å²) in [6.07, 6.45) is -0.582. The molecule has 1 amide bonds. The number of carbonyl (C=O) groups is 2. The van der Waals surface area contributed by atoms with Gasteiger partial charge in [0, 0.05) is 0 Å². The zero-order chi connectivity index (χ0) is 13.6. The van der Waals surface area contributed by atoms with E-state index in [4.69, 9.17) is 9.47 Å². The fourth-order valence-corrected chi connectivity index (χ4v) is 2.54. The summed E-state index contributed by atoms with van der Waals surface area (Å²) in [6, 6.07) is 6.58. The lowest BCUT2D eigenvalue weighted by Gasteiger charge is -2.31. The van der Waals surface area contributed by atoms with Crippen LogP contribution < -0.4 is 4.74 Å². The lowest BCUT2D eigenvalue weighted by atomic mass is 10.0. The SMILES string of the molecule is CC(C)C[C@H]1C(=O)OC2c3ccccc3OC(=O)N21. The van der Waals surface area contributed by atoms with Gasteiger partial charge in [0.2, 0.25) is 6.23 Å². The van der Waals surface area contributed by atoms with E-state index in [1.165, 1.54) is 4.90 Å². The first kappa shape index (κ1) is 12.0. The second kappa shape index (κ2) is 4.26. The van der Waals surface area contributed by atoms with Gasteiger partial charge in [0.1, 0.15) is 11.8 Å². The van der Waals surface area contributed by atoms with Gasteiger partial charge in [-0.05, 0) is 24.5 Å². The minimum Gasteiger partial charge on any atom is -0.435 e. The third kappa shape index (κ3) is 1.85. The zero-order valence-corrected chi connectivity index (χ0v) is 10.8. The molecule has 2 atom stereocenters. The van der Waals surface area contributed by atoms with E-state index >= 15 is 0 Å². The number of nitrogens with zero attached hydrogens (tertiary/aromatic N) is 1. The van der Waals surface area contributed by atoms with Crippen molar-refractivity contribution in [1.82, 2.24) is 4.90 Å². The smallest absolute Gasteiger partial charge is 0.419 e. The summed E-state index contributed by atoms with van der Waals surface area (Å²) in [7, 11) is 0. The maximum absolute atomic E-state index is 12.0. The Morgan fingerprint density at radius 2 is 2.00 bits per heavy atom. The van der Waals surface area contributed by atoms with Crippen LogP contribution in [0.2, 0.25) is 0 Å². The number of hydrogen-bond acceptors (Lipinski definition) is 4. The Hall–Kier alpha value is -2.04. The van der Waals surface area contributed by atoms with Crippen molar-refractivity contribution in [3.63, 3.8) is 0 Å². The zero-order valence-electron chi connectivity index (χ0n) is 10.8. The lowest BCUT2D eigenvalue weighted by molar-refractivity contribution is -0.143. The predicted molar refractivity (Wildman–Crippen MR) is 66.4 cm³/mol. The third-order valence-electron chi connectivity index (χ3n) is 3.38. The summed E-state index contributed by atoms with van der Waals surface area (Å²) in [5.41, 5.74) is 0.724. The molecule has 0 aliphatic carbocycles. The van der Waals surface area contributed by atoms with E-state index in [1.807, 2.05) is 26.0 Å². The fourth-order valence-electron chi connectivity index (χ4n) is 2.54. The molecular formula is C14H15NO4. The number of ether oxygens (including phenoxy) is 2. The summed E-state index contributed by atoms with van der Waals surface area (Å²) in [5.74, 6) is 0.403. The van der Waals surface area contributed by atoms with Gasteiger partial charge in [-0.25, -0.2) is 9.59 Å². The molecule has 19 heavy (non-hydrogen) atoms. The molecular weight excluding hydrogens is 246 g/mol. The molecule has 2 aliphatic heterocycles. The summed E-state index contributed by atoms with van der Waals surface area (Å²) < 4.78 is 10.6. The molecule has 0 N–H and O–H groups in total. The second-order valence-electron chi connectivity index (χ2n) is 5.25. The summed E-state index contributed by atoms with van der Waals surface area (Å²) >= 11 is 0. The van der Waals surface area contributed by atoms with Crippen molar-refractivity contribution in [1.29, 1.82) is 0 Å². The molecule has 1 saturated heterocycles. The first-order valence-corrected chi connectivity index (χ1v) is 6.37. The number of carbonyl (C=O) groups excluding carboxylic acids is 2. The van der Waals surface area contributed by atoms with E-state index in [1.54, 1.807) is 12.1 Å². The van der Waals surface area contributed by atoms with Crippen LogP contribution in [-0.4, -0.2) is 23.0 Å². The number of para-hydroxylation sites is 1. The first-order chi connectivity index (χ1) is 9.08. The molecule has 0 saturated carbocycles. The maximum atomic E-state index is 12.0. The number of esters is 1. The molecule has 5 heteroatoms. The number of amides is 1. The molecule has 1 aromatic rings. The van der Waals surface area contributed by atoms with E-state index in [0.29, 0.717) is 18.1 Å². The first-order valence-electron chi connectivity index (χ1n) is 6.37. The van der Waals surface area contributed by atoms with E-state index < -0.39 is 18.4 Å². The molecule has 0 radical (unpaired) electrons. The largest absolute Gasteiger partial charge is 0.435 e. The average Bonchev–Trinajstić information content (AvgIpc) is 2.67. The highest BCUT2D eigenvalue weighted by Gasteiger charge is 2.50. The van der Waals surface area contributed by atoms with Crippen molar-refractivity contribution in [2.75, 3.05) is 0 Å². The number of benzene rings is 1. The van der Waals surface area contributed by atoms with Crippen LogP contribution in [0.15, 0.2) is 24.3 Å². The molecule has 1 aromatic carbocycles. The summed E-state index contributed by atoms with van der Waals surface area (Å²) in [6.45, 7) is 4.01. The van der Waals surface area contributed by atoms with Crippen LogP contribution in [0.5, 0.6) is 5.75 Å². The van der Waals surface area contributed by atoms with Crippen molar-refractivity contribution in [2.45, 2.75) is 32.5 Å². The average molecular weight is 261 g/mol. The van der Waals surface area contributed by atoms with Gasteiger partial charge >= 0.3 is 12.1 Å². The fraction of sp³-hybridized carbons (Fsp3) is 0.429. The summed E-state index contributed by atoms with van der Waals surface area (Å²) in [5, 5.41) is 0. The van der Waals surface area contributed by atoms with Gasteiger partial charge in [-0.15, -0.1) is 0 Å². The van der Waals surface area contributed by atoms with Crippen LogP contribution >= 0.6 is 0 Å². The maximum Gasteiger partial charge on any atom is 0.419 e. The molecule has 100 valence electrons. The Balaban J connectivity index is 1.99. The van der Waals surface area contributed by atoms with Crippen molar-refractivity contribution in [2.24, 2.45) is 5.92 Å². The molecule has 5 nitrogen and oxygen atoms in total. The molecule has 0 aromatic heterocycles. The summed E-state index contributed by atoms with van der Waals surface area (Å²) in [4.78, 5) is 25.4. The second-order valence-corrected chi connectivity index (χ2v) is 5.25. The Bertz CT molecular complexity index is 540. The Kier molecular flexibility index (Phi) is 2.69. The van der Waals surface area contributed by atoms with Crippen LogP contribution in [0.1, 0.15) is 32.1 Å². The minimum absolute atomic E-state index is 0.293. The normalized spacial score (nSPS) is 24.9. The predicted octanol–water partition coefficient (Wildman–Crippen LogP) is 2.47. The van der Waals surface area contributed by atoms with Gasteiger partial charge in [0.05, 0.1) is 5.56 Å². The number of fused-ring (bicyclic) bond motifs is 3. The van der Waals surface area contributed by atoms with Crippen LogP contribution in [0.3, 0.4) is 0 Å². The quantitative estimate of drug-likeness (QED) is 0.767. The highest BCUT2D eigenvalue weighted by molar-refractivity contribution is 5.87. The highest BCUT2D eigenvalue weighted by atomic mass is 16.6. The van der Waals surface area contributed by atoms with Crippen LogP contribution in [0.25, 0.3) is 0 Å². The molecule has 0 bridgehead atoms. The third-order valence-corrected chi connectivity index (χ3v) is 3.38. The van der Waals surface area contributed by atoms with Crippen LogP contribution in [0.4, 0.5) is 4.79 Å². The minimum atomic E-state index is -0.645. The van der Waals surface area contributed by atoms with Gasteiger partial charge in [-0.2, -0.15) is 0 Å². The number of hydrogen-bond donors (Lipinski definition) is 0. The van der Waals surface area contributed by atoms with Gasteiger partial charge in [-0.1, -0.05) is 26.0 Å². The molecule has 1 unspecified atom stereocenters. The Morgan fingerprint density at radius 3 is 2.74 bits per heavy atom. The highest BCUT2D eigenvalue weighted by Crippen LogP contribution is 2.41. The Morgan fingerprint density at radius 1 is 1.26 bits per heavy atom. The van der Waals surface area contributed by atoms with E-state index in [2.05, 4.69) is 0 Å². The monoisotopic (exact) mass is 261 g/mol. The van der Waals surface area contributed by atoms with Crippen LogP contribution in [0, 0.1) is 5.92 Å². The molecule has 2 heterocycles. The van der Waals surface area contributed by atoms with E-state index in [-0.39, 0.29) is 5.97 Å². The van der Waals surface area contributed by atoms with Gasteiger partial charge in [0.25, 0.3) is 0 Å². The van der Waals surface area contributed by atoms with Gasteiger partial charge in [0.15, 0.2) is 0 Å². The number of rotatable bonds is 2. The van der Waals surface area contributed by atoms with E-state index in [0.717, 1.165) is 5.56 Å². The van der Waals surface area contributed by atoms with E-state index in [9.17, 15) is 9.59 Å². The van der Waals surface area contributed by atoms with Crippen LogP contribution in [-0.2, 0) is 9.53 Å². The Labute approximate surface area is 111 Å². The van der Waals surface area contributed by atoms with Crippen molar-refractivity contribution in [3.05, 3.63) is 29.8 Å². The van der Waals surface area contributed by atoms with Gasteiger partial charge < -0.3 is 9.47 Å². The molecule has 2 aliphatic rings. The van der Waals surface area contributed by atoms with Crippen molar-refractivity contribution in [3.8, 4) is 5.75 Å². The van der Waals surface area contributed by atoms with Gasteiger partial charge in [-0.3, -0.25) is 4.90 Å². The molecule has 0 spiro atoms. The van der Waals surface area contributed by atoms with Crippen molar-refractivity contribution < 1.29 is 19.1 Å². The lowest BCUT2D eigenvalue weighted by Crippen LogP contribution is -2.44.